The number of morpholine rings is 1. The van der Waals surface area contributed by atoms with Gasteiger partial charge in [-0.15, -0.1) is 0 Å². The molecule has 2 saturated heterocycles. The van der Waals surface area contributed by atoms with Crippen LogP contribution in [0.4, 0.5) is 0 Å². The maximum atomic E-state index is 13.0. The quantitative estimate of drug-likeness (QED) is 0.288. The highest BCUT2D eigenvalue weighted by atomic mass is 16.6. The molecule has 0 bridgehead atoms. The minimum Gasteiger partial charge on any atom is -0.379 e. The average Bonchev–Trinajstić information content (AvgIpc) is 3.81. The molecule has 0 aromatic carbocycles. The molecule has 3 heterocycles. The molecular formula is C26H39N5O7. The average molecular weight is 534 g/mol. The Labute approximate surface area is 222 Å². The van der Waals surface area contributed by atoms with Gasteiger partial charge in [0.05, 0.1) is 39.0 Å². The van der Waals surface area contributed by atoms with Crippen LogP contribution in [-0.4, -0.2) is 90.7 Å². The highest BCUT2D eigenvalue weighted by Crippen LogP contribution is 2.33. The topological polar surface area (TPSA) is 155 Å². The highest BCUT2D eigenvalue weighted by molar-refractivity contribution is 5.98. The Kier molecular flexibility index (Phi) is 9.16. The first-order valence-electron chi connectivity index (χ1n) is 13.4. The van der Waals surface area contributed by atoms with E-state index in [2.05, 4.69) is 26.0 Å². The van der Waals surface area contributed by atoms with Crippen molar-refractivity contribution in [3.63, 3.8) is 0 Å². The van der Waals surface area contributed by atoms with Crippen LogP contribution in [0.5, 0.6) is 0 Å². The van der Waals surface area contributed by atoms with Crippen LogP contribution in [0.2, 0.25) is 0 Å². The molecule has 12 nitrogen and oxygen atoms in total. The summed E-state index contributed by atoms with van der Waals surface area (Å²) in [5.41, 5.74) is -0.746. The first kappa shape index (κ1) is 28.2. The second kappa shape index (κ2) is 12.4. The predicted molar refractivity (Wildman–Crippen MR) is 135 cm³/mol. The molecule has 1 aromatic rings. The van der Waals surface area contributed by atoms with E-state index in [1.165, 1.54) is 0 Å². The Morgan fingerprint density at radius 2 is 1.84 bits per heavy atom. The van der Waals surface area contributed by atoms with Crippen LogP contribution in [0.25, 0.3) is 0 Å². The number of rotatable bonds is 14. The van der Waals surface area contributed by atoms with Gasteiger partial charge in [-0.1, -0.05) is 31.8 Å². The Bertz CT molecular complexity index is 1010. The summed E-state index contributed by atoms with van der Waals surface area (Å²) in [5.74, 6) is -0.499. The van der Waals surface area contributed by atoms with Crippen LogP contribution in [-0.2, 0) is 30.4 Å². The van der Waals surface area contributed by atoms with Crippen LogP contribution >= 0.6 is 0 Å². The lowest BCUT2D eigenvalue weighted by molar-refractivity contribution is -0.131. The Balaban J connectivity index is 1.29. The lowest BCUT2D eigenvalue weighted by Gasteiger charge is -2.25. The number of epoxide rings is 1. The lowest BCUT2D eigenvalue weighted by atomic mass is 9.93. The first-order valence-corrected chi connectivity index (χ1v) is 13.4. The van der Waals surface area contributed by atoms with Crippen molar-refractivity contribution in [2.45, 2.75) is 70.7 Å². The maximum Gasteiger partial charge on any atom is 0.274 e. The number of hydrogen-bond donors (Lipinski definition) is 3. The smallest absolute Gasteiger partial charge is 0.274 e. The molecule has 0 unspecified atom stereocenters. The number of nitrogens with zero attached hydrogens (tertiary/aromatic N) is 2. The van der Waals surface area contributed by atoms with Gasteiger partial charge in [0.2, 0.25) is 11.8 Å². The van der Waals surface area contributed by atoms with Gasteiger partial charge in [0.25, 0.3) is 5.91 Å². The minimum atomic E-state index is -0.848. The standard InChI is InChI=1S/C26H39N5O7/c1-16(2)10-19(23(33)26(3)15-37-26)28-22(32)13-27-24(34)20(11-17-4-5-17)29-25(35)21-12-18(38-30-21)14-31-6-8-36-9-7-31/h12,16-17,19-20H,4-11,13-15H2,1-3H3,(H,27,34)(H,28,32)(H,29,35)/t19-,20-,26+/m0/s1. The van der Waals surface area contributed by atoms with E-state index < -0.39 is 35.4 Å². The number of nitrogens with one attached hydrogen (secondary N) is 3. The molecule has 2 aliphatic heterocycles. The number of amides is 3. The zero-order valence-corrected chi connectivity index (χ0v) is 22.4. The van der Waals surface area contributed by atoms with Crippen LogP contribution in [0.3, 0.4) is 0 Å². The number of aromatic nitrogens is 1. The third kappa shape index (κ3) is 8.08. The molecule has 38 heavy (non-hydrogen) atoms. The van der Waals surface area contributed by atoms with Gasteiger partial charge in [0, 0.05) is 19.2 Å². The fourth-order valence-electron chi connectivity index (χ4n) is 4.48. The maximum absolute atomic E-state index is 13.0. The molecule has 210 valence electrons. The Morgan fingerprint density at radius 3 is 2.47 bits per heavy atom. The molecule has 4 rings (SSSR count). The van der Waals surface area contributed by atoms with Crippen molar-refractivity contribution in [3.05, 3.63) is 17.5 Å². The van der Waals surface area contributed by atoms with Gasteiger partial charge >= 0.3 is 0 Å². The number of ketones is 1. The lowest BCUT2D eigenvalue weighted by Crippen LogP contribution is -2.52. The van der Waals surface area contributed by atoms with Crippen LogP contribution in [0.1, 0.15) is 62.7 Å². The molecule has 0 spiro atoms. The fraction of sp³-hybridized carbons (Fsp3) is 0.731. The molecular weight excluding hydrogens is 494 g/mol. The number of hydrogen-bond acceptors (Lipinski definition) is 9. The molecule has 3 aliphatic rings. The van der Waals surface area contributed by atoms with E-state index in [1.807, 2.05) is 13.8 Å². The number of ether oxygens (including phenoxy) is 2. The molecule has 1 saturated carbocycles. The second-order valence-corrected chi connectivity index (χ2v) is 11.1. The summed E-state index contributed by atoms with van der Waals surface area (Å²) in [7, 11) is 0. The molecule has 3 fully saturated rings. The fourth-order valence-corrected chi connectivity index (χ4v) is 4.48. The molecule has 1 aliphatic carbocycles. The third-order valence-electron chi connectivity index (χ3n) is 7.04. The van der Waals surface area contributed by atoms with E-state index in [4.69, 9.17) is 14.0 Å². The normalized spacial score (nSPS) is 22.9. The zero-order chi connectivity index (χ0) is 27.3. The van der Waals surface area contributed by atoms with Crippen molar-refractivity contribution in [1.82, 2.24) is 26.0 Å². The van der Waals surface area contributed by atoms with Crippen molar-refractivity contribution < 1.29 is 33.2 Å². The number of carbonyl (C=O) groups excluding carboxylic acids is 4. The van der Waals surface area contributed by atoms with E-state index in [9.17, 15) is 19.2 Å². The largest absolute Gasteiger partial charge is 0.379 e. The van der Waals surface area contributed by atoms with Gasteiger partial charge in [0.15, 0.2) is 17.2 Å². The van der Waals surface area contributed by atoms with E-state index in [-0.39, 0.29) is 23.9 Å². The molecule has 0 radical (unpaired) electrons. The summed E-state index contributed by atoms with van der Waals surface area (Å²) in [6.45, 7) is 9.07. The van der Waals surface area contributed by atoms with E-state index >= 15 is 0 Å². The summed E-state index contributed by atoms with van der Waals surface area (Å²) < 4.78 is 15.9. The molecule has 3 atom stereocenters. The van der Waals surface area contributed by atoms with Gasteiger partial charge in [-0.3, -0.25) is 24.1 Å². The molecule has 1 aromatic heterocycles. The summed E-state index contributed by atoms with van der Waals surface area (Å²) in [5, 5.41) is 12.0. The zero-order valence-electron chi connectivity index (χ0n) is 22.4. The molecule has 3 amide bonds. The van der Waals surface area contributed by atoms with Crippen molar-refractivity contribution in [3.8, 4) is 0 Å². The molecule has 3 N–H and O–H groups in total. The van der Waals surface area contributed by atoms with Gasteiger partial charge in [0.1, 0.15) is 11.6 Å². The van der Waals surface area contributed by atoms with Crippen molar-refractivity contribution >= 4 is 23.5 Å². The third-order valence-corrected chi connectivity index (χ3v) is 7.04. The summed E-state index contributed by atoms with van der Waals surface area (Å²) in [4.78, 5) is 53.3. The van der Waals surface area contributed by atoms with Crippen LogP contribution in [0.15, 0.2) is 10.6 Å². The minimum absolute atomic E-state index is 0.102. The SMILES string of the molecule is CC(C)C[C@H](NC(=O)CNC(=O)[C@H](CC1CC1)NC(=O)c1cc(CN2CCOCC2)on1)C(=O)[C@@]1(C)CO1. The van der Waals surface area contributed by atoms with Gasteiger partial charge in [-0.25, -0.2) is 0 Å². The Morgan fingerprint density at radius 1 is 1.13 bits per heavy atom. The van der Waals surface area contributed by atoms with Gasteiger partial charge in [-0.2, -0.15) is 0 Å². The Hall–Kier alpha value is -2.83. The van der Waals surface area contributed by atoms with Crippen molar-refractivity contribution in [1.29, 1.82) is 0 Å². The number of Topliss-reactive ketones (excluding diaryl/α,β-unsaturated/α-hetero) is 1. The van der Waals surface area contributed by atoms with Crippen LogP contribution < -0.4 is 16.0 Å². The second-order valence-electron chi connectivity index (χ2n) is 11.1. The monoisotopic (exact) mass is 533 g/mol. The summed E-state index contributed by atoms with van der Waals surface area (Å²) in [6.07, 6.45) is 2.94. The summed E-state index contributed by atoms with van der Waals surface area (Å²) in [6, 6.07) is 0.0852. The van der Waals surface area contributed by atoms with Crippen LogP contribution in [0, 0.1) is 11.8 Å². The van der Waals surface area contributed by atoms with Crippen molar-refractivity contribution in [2.75, 3.05) is 39.5 Å². The van der Waals surface area contributed by atoms with E-state index in [0.29, 0.717) is 50.9 Å². The predicted octanol–water partition coefficient (Wildman–Crippen LogP) is 0.410. The van der Waals surface area contributed by atoms with Crippen molar-refractivity contribution in [2.24, 2.45) is 11.8 Å². The van der Waals surface area contributed by atoms with Gasteiger partial charge < -0.3 is 29.9 Å². The number of carbonyl (C=O) groups is 4. The van der Waals surface area contributed by atoms with E-state index in [0.717, 1.165) is 25.9 Å². The highest BCUT2D eigenvalue weighted by Gasteiger charge is 2.50. The van der Waals surface area contributed by atoms with Gasteiger partial charge in [-0.05, 0) is 31.6 Å². The molecule has 12 heteroatoms. The summed E-state index contributed by atoms with van der Waals surface area (Å²) >= 11 is 0. The van der Waals surface area contributed by atoms with E-state index in [1.54, 1.807) is 13.0 Å². The first-order chi connectivity index (χ1) is 18.1.